The van der Waals surface area contributed by atoms with Gasteiger partial charge in [0.25, 0.3) is 0 Å². The van der Waals surface area contributed by atoms with Crippen molar-refractivity contribution in [1.82, 2.24) is 25.5 Å². The van der Waals surface area contributed by atoms with Crippen LogP contribution in [0.5, 0.6) is 0 Å². The summed E-state index contributed by atoms with van der Waals surface area (Å²) in [5.74, 6) is -1.60. The van der Waals surface area contributed by atoms with Crippen LogP contribution in [-0.4, -0.2) is 38.1 Å². The highest BCUT2D eigenvalue weighted by molar-refractivity contribution is 6.31. The second kappa shape index (κ2) is 11.6. The molecule has 0 radical (unpaired) electrons. The van der Waals surface area contributed by atoms with Crippen LogP contribution in [0.15, 0.2) is 79.1 Å². The summed E-state index contributed by atoms with van der Waals surface area (Å²) in [6.45, 7) is 0. The van der Waals surface area contributed by atoms with E-state index in [-0.39, 0.29) is 11.4 Å². The van der Waals surface area contributed by atoms with Gasteiger partial charge in [-0.2, -0.15) is 4.68 Å². The zero-order chi connectivity index (χ0) is 25.5. The van der Waals surface area contributed by atoms with Crippen molar-refractivity contribution >= 4 is 46.8 Å². The summed E-state index contributed by atoms with van der Waals surface area (Å²) >= 11 is 11.9. The third-order valence-corrected chi connectivity index (χ3v) is 5.63. The molecule has 0 aliphatic carbocycles. The zero-order valence-corrected chi connectivity index (χ0v) is 20.1. The van der Waals surface area contributed by atoms with Crippen molar-refractivity contribution in [2.75, 3.05) is 5.32 Å². The maximum Gasteiger partial charge on any atom is 0.247 e. The number of nitrogens with zero attached hydrogens (tertiary/aromatic N) is 4. The van der Waals surface area contributed by atoms with Crippen LogP contribution in [0.1, 0.15) is 11.1 Å². The number of rotatable bonds is 8. The number of hydrogen-bond acceptors (Lipinski definition) is 5. The molecule has 1 heterocycles. The molecule has 0 aliphatic rings. The Kier molecular flexibility index (Phi) is 8.04. The predicted molar refractivity (Wildman–Crippen MR) is 135 cm³/mol. The molecule has 2 amide bonds. The van der Waals surface area contributed by atoms with Crippen LogP contribution in [0.2, 0.25) is 10.0 Å². The lowest BCUT2D eigenvalue weighted by Crippen LogP contribution is -2.44. The molecule has 36 heavy (non-hydrogen) atoms. The minimum absolute atomic E-state index is 0.126. The Morgan fingerprint density at radius 3 is 2.58 bits per heavy atom. The van der Waals surface area contributed by atoms with E-state index in [1.165, 1.54) is 29.2 Å². The monoisotopic (exact) mass is 524 g/mol. The molecule has 1 atom stereocenters. The summed E-state index contributed by atoms with van der Waals surface area (Å²) < 4.78 is 14.9. The van der Waals surface area contributed by atoms with E-state index in [9.17, 15) is 14.0 Å². The second-order valence-corrected chi connectivity index (χ2v) is 8.50. The van der Waals surface area contributed by atoms with Gasteiger partial charge < -0.3 is 10.6 Å². The van der Waals surface area contributed by atoms with E-state index in [2.05, 4.69) is 26.2 Å². The number of halogens is 3. The van der Waals surface area contributed by atoms with Crippen molar-refractivity contribution in [2.24, 2.45) is 0 Å². The fraction of sp³-hybridized carbons (Fsp3) is 0.0800. The van der Waals surface area contributed by atoms with Gasteiger partial charge >= 0.3 is 0 Å². The van der Waals surface area contributed by atoms with Crippen LogP contribution in [0, 0.1) is 5.82 Å². The lowest BCUT2D eigenvalue weighted by molar-refractivity contribution is -0.123. The summed E-state index contributed by atoms with van der Waals surface area (Å²) in [5, 5.41) is 16.8. The molecular formula is C25H19Cl2FN6O2. The number of benzene rings is 3. The minimum atomic E-state index is -0.924. The van der Waals surface area contributed by atoms with Crippen molar-refractivity contribution in [2.45, 2.75) is 12.5 Å². The van der Waals surface area contributed by atoms with E-state index in [0.29, 0.717) is 22.0 Å². The smallest absolute Gasteiger partial charge is 0.247 e. The van der Waals surface area contributed by atoms with E-state index in [0.717, 1.165) is 11.6 Å². The van der Waals surface area contributed by atoms with Gasteiger partial charge in [-0.1, -0.05) is 53.5 Å². The lowest BCUT2D eigenvalue weighted by atomic mass is 10.0. The Labute approximate surface area is 215 Å². The van der Waals surface area contributed by atoms with E-state index in [1.54, 1.807) is 24.3 Å². The fourth-order valence-electron chi connectivity index (χ4n) is 3.39. The van der Waals surface area contributed by atoms with E-state index >= 15 is 0 Å². The first kappa shape index (κ1) is 25.0. The summed E-state index contributed by atoms with van der Waals surface area (Å²) in [6.07, 6.45) is 4.49. The standard InChI is InChI=1S/C25H19Cl2FN6O2/c26-18-7-10-23(34-15-29-32-33-34)17(13-18)6-11-24(35)31-22(12-16-4-2-1-3-5-16)25(36)30-19-8-9-21(28)20(27)14-19/h1-11,13-15,22H,12H2,(H,30,36)(H,31,35)/b11-6+/t22-/m0/s1. The van der Waals surface area contributed by atoms with Crippen LogP contribution in [0.4, 0.5) is 10.1 Å². The molecule has 0 aliphatic heterocycles. The van der Waals surface area contributed by atoms with E-state index in [4.69, 9.17) is 23.2 Å². The highest BCUT2D eigenvalue weighted by Crippen LogP contribution is 2.21. The first-order valence-electron chi connectivity index (χ1n) is 10.7. The average Bonchev–Trinajstić information content (AvgIpc) is 3.40. The quantitative estimate of drug-likeness (QED) is 0.330. The molecule has 0 saturated heterocycles. The molecule has 0 unspecified atom stereocenters. The molecule has 0 spiro atoms. The Morgan fingerprint density at radius 1 is 1.06 bits per heavy atom. The number of carbonyl (C=O) groups is 2. The van der Waals surface area contributed by atoms with Crippen molar-refractivity contribution in [3.8, 4) is 5.69 Å². The highest BCUT2D eigenvalue weighted by Gasteiger charge is 2.21. The van der Waals surface area contributed by atoms with Crippen molar-refractivity contribution in [1.29, 1.82) is 0 Å². The molecule has 1 aromatic heterocycles. The number of anilines is 1. The van der Waals surface area contributed by atoms with Gasteiger partial charge in [-0.15, -0.1) is 5.10 Å². The number of carbonyl (C=O) groups excluding carboxylic acids is 2. The lowest BCUT2D eigenvalue weighted by Gasteiger charge is -2.18. The van der Waals surface area contributed by atoms with Gasteiger partial charge in [0.05, 0.1) is 10.7 Å². The molecule has 0 fully saturated rings. The zero-order valence-electron chi connectivity index (χ0n) is 18.6. The average molecular weight is 525 g/mol. The summed E-state index contributed by atoms with van der Waals surface area (Å²) in [5.41, 5.74) is 2.35. The van der Waals surface area contributed by atoms with Crippen LogP contribution < -0.4 is 10.6 Å². The SMILES string of the molecule is O=C(/C=C/c1cc(Cl)ccc1-n1cnnn1)N[C@@H](Cc1ccccc1)C(=O)Nc1ccc(F)c(Cl)c1. The number of nitrogens with one attached hydrogen (secondary N) is 2. The van der Waals surface area contributed by atoms with E-state index < -0.39 is 23.7 Å². The largest absolute Gasteiger partial charge is 0.340 e. The number of hydrogen-bond donors (Lipinski definition) is 2. The molecule has 0 bridgehead atoms. The summed E-state index contributed by atoms with van der Waals surface area (Å²) in [7, 11) is 0. The molecule has 2 N–H and O–H groups in total. The number of aromatic nitrogens is 4. The number of amides is 2. The minimum Gasteiger partial charge on any atom is -0.340 e. The fourth-order valence-corrected chi connectivity index (χ4v) is 3.75. The second-order valence-electron chi connectivity index (χ2n) is 7.66. The van der Waals surface area contributed by atoms with Crippen molar-refractivity contribution < 1.29 is 14.0 Å². The molecule has 11 heteroatoms. The van der Waals surface area contributed by atoms with Gasteiger partial charge in [0.1, 0.15) is 18.2 Å². The summed E-state index contributed by atoms with van der Waals surface area (Å²) in [4.78, 5) is 25.9. The Morgan fingerprint density at radius 2 is 1.86 bits per heavy atom. The van der Waals surface area contributed by atoms with Gasteiger partial charge in [-0.3, -0.25) is 9.59 Å². The van der Waals surface area contributed by atoms with Crippen molar-refractivity contribution in [3.05, 3.63) is 106 Å². The Hall–Kier alpha value is -4.08. The molecule has 8 nitrogen and oxygen atoms in total. The van der Waals surface area contributed by atoms with Crippen molar-refractivity contribution in [3.63, 3.8) is 0 Å². The Balaban J connectivity index is 1.53. The predicted octanol–water partition coefficient (Wildman–Crippen LogP) is 4.49. The van der Waals surface area contributed by atoms with Gasteiger partial charge in [0, 0.05) is 28.8 Å². The third kappa shape index (κ3) is 6.53. The van der Waals surface area contributed by atoms with Gasteiger partial charge in [0.2, 0.25) is 11.8 Å². The topological polar surface area (TPSA) is 102 Å². The first-order valence-corrected chi connectivity index (χ1v) is 11.5. The number of tetrazole rings is 1. The van der Waals surface area contributed by atoms with Crippen LogP contribution in [-0.2, 0) is 16.0 Å². The molecule has 4 aromatic rings. The molecule has 182 valence electrons. The maximum atomic E-state index is 13.5. The van der Waals surface area contributed by atoms with Crippen LogP contribution in [0.3, 0.4) is 0 Å². The van der Waals surface area contributed by atoms with Crippen LogP contribution >= 0.6 is 23.2 Å². The first-order chi connectivity index (χ1) is 17.4. The normalized spacial score (nSPS) is 11.9. The molecule has 4 rings (SSSR count). The third-order valence-electron chi connectivity index (χ3n) is 5.10. The van der Waals surface area contributed by atoms with E-state index in [1.807, 2.05) is 30.3 Å². The molecule has 3 aromatic carbocycles. The Bertz CT molecular complexity index is 1400. The highest BCUT2D eigenvalue weighted by atomic mass is 35.5. The molecule has 0 saturated carbocycles. The van der Waals surface area contributed by atoms with Crippen LogP contribution in [0.25, 0.3) is 11.8 Å². The van der Waals surface area contributed by atoms with Gasteiger partial charge in [-0.25, -0.2) is 4.39 Å². The maximum absolute atomic E-state index is 13.5. The molecular weight excluding hydrogens is 506 g/mol. The summed E-state index contributed by atoms with van der Waals surface area (Å²) in [6, 6.07) is 17.2. The van der Waals surface area contributed by atoms with Gasteiger partial charge in [-0.05, 0) is 58.5 Å². The van der Waals surface area contributed by atoms with Gasteiger partial charge in [0.15, 0.2) is 0 Å².